The Bertz CT molecular complexity index is 414. The Morgan fingerprint density at radius 1 is 1.33 bits per heavy atom. The molecule has 0 aliphatic carbocycles. The first-order valence-electron chi connectivity index (χ1n) is 4.47. The smallest absolute Gasteiger partial charge is 0.119 e. The van der Waals surface area contributed by atoms with E-state index in [1.165, 1.54) is 0 Å². The predicted molar refractivity (Wildman–Crippen MR) is 67.8 cm³/mol. The summed E-state index contributed by atoms with van der Waals surface area (Å²) >= 11 is 3.28. The first kappa shape index (κ1) is 12.5. The van der Waals surface area contributed by atoms with Gasteiger partial charge < -0.3 is 4.74 Å². The fourth-order valence-corrected chi connectivity index (χ4v) is 1.80. The fraction of sp³-hybridized carbons (Fsp3) is 0.400. The maximum Gasteiger partial charge on any atom is 0.119 e. The van der Waals surface area contributed by atoms with Crippen LogP contribution in [0, 0.1) is 0 Å². The lowest BCUT2D eigenvalue weighted by Crippen LogP contribution is -1.97. The third kappa shape index (κ3) is 5.18. The Balaban J connectivity index is 2.77. The van der Waals surface area contributed by atoms with Crippen LogP contribution in [0.5, 0.6) is 5.75 Å². The number of rotatable bonds is 4. The van der Waals surface area contributed by atoms with E-state index in [-0.39, 0.29) is 0 Å². The van der Waals surface area contributed by atoms with Gasteiger partial charge in [-0.15, -0.1) is 0 Å². The first-order chi connectivity index (χ1) is 7.01. The molecular formula is C10H14BrNO2S. The molecule has 0 aliphatic heterocycles. The van der Waals surface area contributed by atoms with Gasteiger partial charge in [-0.25, -0.2) is 4.21 Å². The zero-order valence-electron chi connectivity index (χ0n) is 8.77. The minimum absolute atomic E-state index is 0.634. The number of nitrogens with zero attached hydrogens (tertiary/aromatic N) is 1. The number of ether oxygens (including phenoxy) is 1. The summed E-state index contributed by atoms with van der Waals surface area (Å²) in [6.45, 7) is 0.634. The molecule has 3 nitrogen and oxygen atoms in total. The molecular weight excluding hydrogens is 278 g/mol. The standard InChI is InChI=1S/C10H14BrNO2S/c1-15(2,13)12-9-3-5-10(6-4-9)14-8-7-11/h3-6H,7-8H2,1-2H3. The molecule has 0 saturated heterocycles. The summed E-state index contributed by atoms with van der Waals surface area (Å²) in [6, 6.07) is 7.26. The van der Waals surface area contributed by atoms with Gasteiger partial charge in [-0.05, 0) is 24.3 Å². The zero-order chi connectivity index (χ0) is 11.3. The van der Waals surface area contributed by atoms with Crippen molar-refractivity contribution in [3.05, 3.63) is 24.3 Å². The lowest BCUT2D eigenvalue weighted by Gasteiger charge is -2.03. The van der Waals surface area contributed by atoms with Crippen molar-refractivity contribution in [1.29, 1.82) is 0 Å². The van der Waals surface area contributed by atoms with Crippen molar-refractivity contribution in [2.24, 2.45) is 4.36 Å². The highest BCUT2D eigenvalue weighted by Gasteiger charge is 1.95. The zero-order valence-corrected chi connectivity index (χ0v) is 11.2. The molecule has 0 spiro atoms. The van der Waals surface area contributed by atoms with Crippen LogP contribution in [0.1, 0.15) is 0 Å². The van der Waals surface area contributed by atoms with E-state index >= 15 is 0 Å². The molecule has 15 heavy (non-hydrogen) atoms. The van der Waals surface area contributed by atoms with Crippen molar-refractivity contribution in [2.75, 3.05) is 24.4 Å². The minimum Gasteiger partial charge on any atom is -0.493 e. The Labute approximate surface area is 99.2 Å². The first-order valence-corrected chi connectivity index (χ1v) is 7.92. The highest BCUT2D eigenvalue weighted by atomic mass is 79.9. The molecule has 0 unspecified atom stereocenters. The summed E-state index contributed by atoms with van der Waals surface area (Å²) in [4.78, 5) is 0. The molecule has 0 heterocycles. The van der Waals surface area contributed by atoms with Crippen LogP contribution in [-0.2, 0) is 9.73 Å². The van der Waals surface area contributed by atoms with Gasteiger partial charge in [0.1, 0.15) is 5.75 Å². The van der Waals surface area contributed by atoms with Crippen molar-refractivity contribution >= 4 is 31.3 Å². The molecule has 0 radical (unpaired) electrons. The lowest BCUT2D eigenvalue weighted by molar-refractivity contribution is 0.345. The van der Waals surface area contributed by atoms with E-state index in [1.807, 2.05) is 12.1 Å². The topological polar surface area (TPSA) is 38.7 Å². The van der Waals surface area contributed by atoms with Gasteiger partial charge in [-0.1, -0.05) is 15.9 Å². The van der Waals surface area contributed by atoms with Gasteiger partial charge in [0.05, 0.1) is 12.3 Å². The molecule has 1 aromatic rings. The van der Waals surface area contributed by atoms with Crippen LogP contribution in [0.2, 0.25) is 0 Å². The van der Waals surface area contributed by atoms with E-state index in [2.05, 4.69) is 20.3 Å². The summed E-state index contributed by atoms with van der Waals surface area (Å²) in [5, 5.41) is 0.802. The molecule has 0 saturated carbocycles. The SMILES string of the molecule is CS(C)(=O)=Nc1ccc(OCCBr)cc1. The molecule has 0 N–H and O–H groups in total. The molecule has 1 rings (SSSR count). The normalized spacial score (nSPS) is 11.1. The summed E-state index contributed by atoms with van der Waals surface area (Å²) in [5.74, 6) is 0.798. The highest BCUT2D eigenvalue weighted by Crippen LogP contribution is 2.19. The Kier molecular flexibility index (Phi) is 4.60. The van der Waals surface area contributed by atoms with E-state index in [0.29, 0.717) is 6.61 Å². The molecule has 0 fully saturated rings. The second kappa shape index (κ2) is 5.51. The van der Waals surface area contributed by atoms with Gasteiger partial charge in [0, 0.05) is 27.6 Å². The van der Waals surface area contributed by atoms with Crippen LogP contribution in [-0.4, -0.2) is 28.7 Å². The third-order valence-corrected chi connectivity index (χ3v) is 2.48. The van der Waals surface area contributed by atoms with E-state index in [0.717, 1.165) is 16.8 Å². The molecule has 84 valence electrons. The highest BCUT2D eigenvalue weighted by molar-refractivity contribution is 9.09. The van der Waals surface area contributed by atoms with Crippen LogP contribution >= 0.6 is 15.9 Å². The molecule has 0 aliphatic rings. The van der Waals surface area contributed by atoms with E-state index < -0.39 is 9.73 Å². The Morgan fingerprint density at radius 2 is 1.93 bits per heavy atom. The van der Waals surface area contributed by atoms with Crippen molar-refractivity contribution < 1.29 is 8.95 Å². The van der Waals surface area contributed by atoms with Gasteiger partial charge in [0.25, 0.3) is 0 Å². The summed E-state index contributed by atoms with van der Waals surface area (Å²) < 4.78 is 20.9. The Hall–Kier alpha value is -0.550. The monoisotopic (exact) mass is 291 g/mol. The van der Waals surface area contributed by atoms with Gasteiger partial charge >= 0.3 is 0 Å². The number of alkyl halides is 1. The molecule has 0 aromatic heterocycles. The van der Waals surface area contributed by atoms with Crippen LogP contribution in [0.3, 0.4) is 0 Å². The second-order valence-corrected chi connectivity index (χ2v) is 6.64. The molecule has 0 atom stereocenters. The number of hydrogen-bond donors (Lipinski definition) is 0. The largest absolute Gasteiger partial charge is 0.493 e. The number of hydrogen-bond acceptors (Lipinski definition) is 3. The fourth-order valence-electron chi connectivity index (χ4n) is 1.01. The molecule has 5 heteroatoms. The maximum atomic E-state index is 11.4. The van der Waals surface area contributed by atoms with Gasteiger partial charge in [0.15, 0.2) is 0 Å². The molecule has 1 aromatic carbocycles. The van der Waals surface area contributed by atoms with E-state index in [4.69, 9.17) is 4.74 Å². The predicted octanol–water partition coefficient (Wildman–Crippen LogP) is 2.82. The van der Waals surface area contributed by atoms with Crippen LogP contribution < -0.4 is 4.74 Å². The summed E-state index contributed by atoms with van der Waals surface area (Å²) in [6.07, 6.45) is 3.23. The van der Waals surface area contributed by atoms with Crippen LogP contribution in [0.4, 0.5) is 5.69 Å². The summed E-state index contributed by atoms with van der Waals surface area (Å²) in [7, 11) is -2.08. The van der Waals surface area contributed by atoms with E-state index in [9.17, 15) is 4.21 Å². The van der Waals surface area contributed by atoms with Crippen molar-refractivity contribution in [3.8, 4) is 5.75 Å². The molecule has 0 bridgehead atoms. The summed E-state index contributed by atoms with van der Waals surface area (Å²) in [5.41, 5.74) is 0.719. The van der Waals surface area contributed by atoms with Crippen molar-refractivity contribution in [2.45, 2.75) is 0 Å². The van der Waals surface area contributed by atoms with Crippen LogP contribution in [0.25, 0.3) is 0 Å². The van der Waals surface area contributed by atoms with Gasteiger partial charge in [-0.3, -0.25) is 0 Å². The second-order valence-electron chi connectivity index (χ2n) is 3.30. The average Bonchev–Trinajstić information content (AvgIpc) is 2.14. The van der Waals surface area contributed by atoms with E-state index in [1.54, 1.807) is 24.6 Å². The maximum absolute atomic E-state index is 11.4. The van der Waals surface area contributed by atoms with Gasteiger partial charge in [0.2, 0.25) is 0 Å². The van der Waals surface area contributed by atoms with Crippen molar-refractivity contribution in [3.63, 3.8) is 0 Å². The minimum atomic E-state index is -2.08. The number of benzene rings is 1. The molecule has 0 amide bonds. The lowest BCUT2D eigenvalue weighted by atomic mass is 10.3. The number of halogens is 1. The average molecular weight is 292 g/mol. The van der Waals surface area contributed by atoms with Crippen LogP contribution in [0.15, 0.2) is 28.6 Å². The van der Waals surface area contributed by atoms with Crippen molar-refractivity contribution in [1.82, 2.24) is 0 Å². The quantitative estimate of drug-likeness (QED) is 0.800. The third-order valence-electron chi connectivity index (χ3n) is 1.51. The van der Waals surface area contributed by atoms with Gasteiger partial charge in [-0.2, -0.15) is 4.36 Å². The Morgan fingerprint density at radius 3 is 2.40 bits per heavy atom.